The van der Waals surface area contributed by atoms with Crippen LogP contribution in [0.25, 0.3) is 10.8 Å². The fraction of sp³-hybridized carbons (Fsp3) is 0.471. The molecule has 0 aliphatic heterocycles. The SMILES string of the molecule is CC(C)(C)OC(=O)NOCCCCn1cc2ccccc2c1. The molecule has 0 atom stereocenters. The highest BCUT2D eigenvalue weighted by atomic mass is 16.7. The van der Waals surface area contributed by atoms with Crippen LogP contribution in [0.3, 0.4) is 0 Å². The number of hydrogen-bond donors (Lipinski definition) is 1. The van der Waals surface area contributed by atoms with Gasteiger partial charge in [0.2, 0.25) is 0 Å². The number of hydrogen-bond acceptors (Lipinski definition) is 3. The Kier molecular flexibility index (Phi) is 5.44. The lowest BCUT2D eigenvalue weighted by Crippen LogP contribution is -2.32. The second-order valence-electron chi connectivity index (χ2n) is 6.28. The van der Waals surface area contributed by atoms with E-state index in [4.69, 9.17) is 9.57 Å². The maximum Gasteiger partial charge on any atom is 0.431 e. The van der Waals surface area contributed by atoms with Gasteiger partial charge >= 0.3 is 6.09 Å². The number of benzene rings is 1. The van der Waals surface area contributed by atoms with Gasteiger partial charge in [-0.3, -0.25) is 4.84 Å². The third kappa shape index (κ3) is 5.41. The molecular formula is C17H24N2O3. The molecule has 0 saturated heterocycles. The minimum absolute atomic E-state index is 0.472. The summed E-state index contributed by atoms with van der Waals surface area (Å²) in [5.41, 5.74) is 1.78. The van der Waals surface area contributed by atoms with Crippen LogP contribution in [-0.4, -0.2) is 22.9 Å². The molecule has 1 aromatic carbocycles. The number of nitrogens with zero attached hydrogens (tertiary/aromatic N) is 1. The summed E-state index contributed by atoms with van der Waals surface area (Å²) in [7, 11) is 0. The summed E-state index contributed by atoms with van der Waals surface area (Å²) in [6.07, 6.45) is 5.59. The van der Waals surface area contributed by atoms with E-state index in [0.29, 0.717) is 6.61 Å². The van der Waals surface area contributed by atoms with Crippen LogP contribution in [0.2, 0.25) is 0 Å². The van der Waals surface area contributed by atoms with Crippen LogP contribution >= 0.6 is 0 Å². The summed E-state index contributed by atoms with van der Waals surface area (Å²) >= 11 is 0. The van der Waals surface area contributed by atoms with Gasteiger partial charge in [0.15, 0.2) is 0 Å². The second kappa shape index (κ2) is 7.31. The number of amides is 1. The molecule has 1 heterocycles. The molecule has 5 nitrogen and oxygen atoms in total. The summed E-state index contributed by atoms with van der Waals surface area (Å²) in [6.45, 7) is 6.85. The number of hydroxylamine groups is 1. The molecule has 2 rings (SSSR count). The third-order valence-corrected chi connectivity index (χ3v) is 3.07. The highest BCUT2D eigenvalue weighted by Crippen LogP contribution is 2.14. The van der Waals surface area contributed by atoms with Crippen molar-refractivity contribution in [2.45, 2.75) is 45.8 Å². The van der Waals surface area contributed by atoms with Gasteiger partial charge < -0.3 is 9.30 Å². The minimum Gasteiger partial charge on any atom is -0.442 e. The highest BCUT2D eigenvalue weighted by molar-refractivity contribution is 5.82. The van der Waals surface area contributed by atoms with Crippen molar-refractivity contribution in [1.29, 1.82) is 0 Å². The topological polar surface area (TPSA) is 52.5 Å². The van der Waals surface area contributed by atoms with Crippen molar-refractivity contribution in [3.05, 3.63) is 36.7 Å². The van der Waals surface area contributed by atoms with Crippen LogP contribution in [0.5, 0.6) is 0 Å². The summed E-state index contributed by atoms with van der Waals surface area (Å²) in [5.74, 6) is 0. The fourth-order valence-corrected chi connectivity index (χ4v) is 2.15. The van der Waals surface area contributed by atoms with E-state index >= 15 is 0 Å². The van der Waals surface area contributed by atoms with Gasteiger partial charge in [0.05, 0.1) is 6.61 Å². The number of fused-ring (bicyclic) bond motifs is 1. The molecular weight excluding hydrogens is 280 g/mol. The number of ether oxygens (including phenoxy) is 1. The first-order chi connectivity index (χ1) is 10.4. The van der Waals surface area contributed by atoms with Gasteiger partial charge in [-0.15, -0.1) is 0 Å². The normalized spacial score (nSPS) is 11.6. The number of nitrogens with one attached hydrogen (secondary N) is 1. The van der Waals surface area contributed by atoms with E-state index in [9.17, 15) is 4.79 Å². The van der Waals surface area contributed by atoms with Crippen LogP contribution in [0.15, 0.2) is 36.7 Å². The van der Waals surface area contributed by atoms with Crippen LogP contribution in [0.4, 0.5) is 4.79 Å². The van der Waals surface area contributed by atoms with E-state index in [-0.39, 0.29) is 0 Å². The number of rotatable bonds is 6. The van der Waals surface area contributed by atoms with E-state index in [0.717, 1.165) is 19.4 Å². The molecule has 0 spiro atoms. The van der Waals surface area contributed by atoms with Gasteiger partial charge in [-0.1, -0.05) is 24.3 Å². The van der Waals surface area contributed by atoms with Crippen LogP contribution in [0, 0.1) is 0 Å². The van der Waals surface area contributed by atoms with Crippen molar-refractivity contribution in [1.82, 2.24) is 10.0 Å². The molecule has 0 unspecified atom stereocenters. The number of carbonyl (C=O) groups excluding carboxylic acids is 1. The fourth-order valence-electron chi connectivity index (χ4n) is 2.15. The zero-order valence-corrected chi connectivity index (χ0v) is 13.5. The maximum atomic E-state index is 11.3. The predicted molar refractivity (Wildman–Crippen MR) is 86.5 cm³/mol. The summed E-state index contributed by atoms with van der Waals surface area (Å²) in [6, 6.07) is 8.31. The second-order valence-corrected chi connectivity index (χ2v) is 6.28. The van der Waals surface area contributed by atoms with E-state index in [1.54, 1.807) is 0 Å². The Morgan fingerprint density at radius 3 is 2.36 bits per heavy atom. The van der Waals surface area contributed by atoms with Crippen molar-refractivity contribution in [2.75, 3.05) is 6.61 Å². The summed E-state index contributed by atoms with van der Waals surface area (Å²) in [4.78, 5) is 16.5. The average Bonchev–Trinajstić information content (AvgIpc) is 2.83. The Morgan fingerprint density at radius 2 is 1.77 bits per heavy atom. The summed E-state index contributed by atoms with van der Waals surface area (Å²) < 4.78 is 7.25. The monoisotopic (exact) mass is 304 g/mol. The molecule has 1 amide bonds. The zero-order valence-electron chi connectivity index (χ0n) is 13.5. The Hall–Kier alpha value is -2.01. The highest BCUT2D eigenvalue weighted by Gasteiger charge is 2.15. The van der Waals surface area contributed by atoms with Crippen molar-refractivity contribution in [3.8, 4) is 0 Å². The molecule has 1 aromatic heterocycles. The van der Waals surface area contributed by atoms with Gasteiger partial charge in [-0.2, -0.15) is 5.48 Å². The van der Waals surface area contributed by atoms with Crippen LogP contribution < -0.4 is 5.48 Å². The molecule has 0 aliphatic carbocycles. The number of aryl methyl sites for hydroxylation is 1. The lowest BCUT2D eigenvalue weighted by Gasteiger charge is -2.19. The first kappa shape index (κ1) is 16.4. The Morgan fingerprint density at radius 1 is 1.14 bits per heavy atom. The molecule has 0 bridgehead atoms. The van der Waals surface area contributed by atoms with Crippen LogP contribution in [-0.2, 0) is 16.1 Å². The van der Waals surface area contributed by atoms with Crippen molar-refractivity contribution in [3.63, 3.8) is 0 Å². The van der Waals surface area contributed by atoms with E-state index in [1.165, 1.54) is 10.8 Å². The van der Waals surface area contributed by atoms with Gasteiger partial charge in [0, 0.05) is 18.9 Å². The molecule has 0 fully saturated rings. The Labute approximate surface area is 131 Å². The van der Waals surface area contributed by atoms with Crippen LogP contribution in [0.1, 0.15) is 33.6 Å². The quantitative estimate of drug-likeness (QED) is 0.651. The first-order valence-corrected chi connectivity index (χ1v) is 7.59. The Bertz CT molecular complexity index is 581. The first-order valence-electron chi connectivity index (χ1n) is 7.59. The lowest BCUT2D eigenvalue weighted by molar-refractivity contribution is -0.00866. The standard InChI is InChI=1S/C17H24N2O3/c1-17(2,3)22-16(20)18-21-11-7-6-10-19-12-14-8-4-5-9-15(14)13-19/h4-5,8-9,12-13H,6-7,10-11H2,1-3H3,(H,18,20). The summed E-state index contributed by atoms with van der Waals surface area (Å²) in [5, 5.41) is 2.51. The Balaban J connectivity index is 1.60. The molecule has 0 aliphatic rings. The number of carbonyl (C=O) groups is 1. The number of aromatic nitrogens is 1. The van der Waals surface area contributed by atoms with E-state index in [2.05, 4.69) is 34.6 Å². The van der Waals surface area contributed by atoms with Gasteiger partial charge in [-0.25, -0.2) is 4.79 Å². The average molecular weight is 304 g/mol. The minimum atomic E-state index is -0.552. The van der Waals surface area contributed by atoms with Crippen molar-refractivity contribution >= 4 is 16.9 Å². The largest absolute Gasteiger partial charge is 0.442 e. The molecule has 2 aromatic rings. The molecule has 0 radical (unpaired) electrons. The smallest absolute Gasteiger partial charge is 0.431 e. The van der Waals surface area contributed by atoms with Crippen molar-refractivity contribution < 1.29 is 14.4 Å². The third-order valence-electron chi connectivity index (χ3n) is 3.07. The van der Waals surface area contributed by atoms with Gasteiger partial charge in [0.1, 0.15) is 5.60 Å². The lowest BCUT2D eigenvalue weighted by atomic mass is 10.2. The molecule has 1 N–H and O–H groups in total. The van der Waals surface area contributed by atoms with Gasteiger partial charge in [-0.05, 0) is 44.4 Å². The van der Waals surface area contributed by atoms with E-state index in [1.807, 2.05) is 32.9 Å². The van der Waals surface area contributed by atoms with Gasteiger partial charge in [0.25, 0.3) is 0 Å². The maximum absolute atomic E-state index is 11.3. The zero-order chi connectivity index (χ0) is 16.0. The van der Waals surface area contributed by atoms with Crippen molar-refractivity contribution in [2.24, 2.45) is 0 Å². The molecule has 120 valence electrons. The number of unbranched alkanes of at least 4 members (excludes halogenated alkanes) is 1. The van der Waals surface area contributed by atoms with E-state index < -0.39 is 11.7 Å². The molecule has 0 saturated carbocycles. The molecule has 22 heavy (non-hydrogen) atoms. The predicted octanol–water partition coefficient (Wildman–Crippen LogP) is 3.88. The molecule has 5 heteroatoms.